The van der Waals surface area contributed by atoms with Gasteiger partial charge in [-0.05, 0) is 71.1 Å². The summed E-state index contributed by atoms with van der Waals surface area (Å²) in [7, 11) is 0.199. The van der Waals surface area contributed by atoms with Crippen LogP contribution in [0.5, 0.6) is 0 Å². The van der Waals surface area contributed by atoms with E-state index in [-0.39, 0.29) is 4.90 Å². The van der Waals surface area contributed by atoms with Crippen LogP contribution >= 0.6 is 11.3 Å². The molecule has 0 N–H and O–H groups in total. The van der Waals surface area contributed by atoms with E-state index >= 15 is 0 Å². The smallest absolute Gasteiger partial charge is 0.244 e. The van der Waals surface area contributed by atoms with Gasteiger partial charge in [0.15, 0.2) is 15.0 Å². The van der Waals surface area contributed by atoms with Crippen LogP contribution in [-0.4, -0.2) is 57.1 Å². The van der Waals surface area contributed by atoms with E-state index < -0.39 is 21.5 Å². The van der Waals surface area contributed by atoms with E-state index in [9.17, 15) is 13.2 Å². The van der Waals surface area contributed by atoms with E-state index in [0.29, 0.717) is 11.7 Å². The molecule has 0 radical (unpaired) electrons. The normalized spacial score (nSPS) is 11.9. The Kier molecular flexibility index (Phi) is 7.13. The summed E-state index contributed by atoms with van der Waals surface area (Å²) in [5, 5.41) is 0.551. The molecule has 0 aliphatic carbocycles. The molecule has 0 atom stereocenters. The van der Waals surface area contributed by atoms with Crippen molar-refractivity contribution in [1.82, 2.24) is 9.88 Å². The molecule has 0 fully saturated rings. The average molecular weight is 460 g/mol. The number of nitrogens with zero attached hydrogens (tertiary/aromatic N) is 3. The van der Waals surface area contributed by atoms with Gasteiger partial charge in [0.25, 0.3) is 0 Å². The van der Waals surface area contributed by atoms with Crippen LogP contribution in [0, 0.1) is 20.8 Å². The highest BCUT2D eigenvalue weighted by molar-refractivity contribution is 7.92. The van der Waals surface area contributed by atoms with Crippen LogP contribution in [0.2, 0.25) is 0 Å². The first-order valence-electron chi connectivity index (χ1n) is 10.2. The van der Waals surface area contributed by atoms with Crippen LogP contribution in [0.3, 0.4) is 0 Å². The number of aromatic nitrogens is 1. The number of carbonyl (C=O) groups is 1. The van der Waals surface area contributed by atoms with Gasteiger partial charge in [0, 0.05) is 6.54 Å². The number of fused-ring (bicyclic) bond motifs is 1. The fourth-order valence-electron chi connectivity index (χ4n) is 3.30. The molecule has 1 amide bonds. The molecule has 0 aliphatic rings. The summed E-state index contributed by atoms with van der Waals surface area (Å²) in [6, 6.07) is 10.6. The number of rotatable bonds is 8. The summed E-state index contributed by atoms with van der Waals surface area (Å²) >= 11 is 1.44. The summed E-state index contributed by atoms with van der Waals surface area (Å²) in [4.78, 5) is 21.7. The predicted molar refractivity (Wildman–Crippen MR) is 128 cm³/mol. The number of carbonyl (C=O) groups excluding carboxylic acids is 1. The van der Waals surface area contributed by atoms with Gasteiger partial charge in [-0.15, -0.1) is 0 Å². The maximum atomic E-state index is 13.2. The Morgan fingerprint density at radius 3 is 2.23 bits per heavy atom. The molecule has 1 aromatic heterocycles. The Morgan fingerprint density at radius 2 is 1.61 bits per heavy atom. The molecule has 0 aliphatic heterocycles. The predicted octanol–water partition coefficient (Wildman–Crippen LogP) is 3.98. The highest BCUT2D eigenvalue weighted by atomic mass is 32.2. The van der Waals surface area contributed by atoms with Gasteiger partial charge in [0.2, 0.25) is 5.91 Å². The van der Waals surface area contributed by atoms with Crippen molar-refractivity contribution in [2.45, 2.75) is 32.1 Å². The minimum absolute atomic E-state index is 0.163. The first kappa shape index (κ1) is 23.4. The van der Waals surface area contributed by atoms with E-state index in [1.807, 2.05) is 51.9 Å². The summed E-state index contributed by atoms with van der Waals surface area (Å²) in [6.07, 6.45) is 0.719. The van der Waals surface area contributed by atoms with Crippen LogP contribution in [0.15, 0.2) is 41.3 Å². The molecular formula is C23H29N3O3S2. The Labute approximate surface area is 188 Å². The van der Waals surface area contributed by atoms with Crippen LogP contribution in [0.25, 0.3) is 10.2 Å². The third kappa shape index (κ3) is 5.50. The van der Waals surface area contributed by atoms with Gasteiger partial charge < -0.3 is 4.90 Å². The molecule has 0 saturated carbocycles. The van der Waals surface area contributed by atoms with Crippen molar-refractivity contribution in [3.05, 3.63) is 53.1 Å². The van der Waals surface area contributed by atoms with Gasteiger partial charge in [-0.2, -0.15) is 0 Å². The fraction of sp³-hybridized carbons (Fsp3) is 0.391. The molecule has 8 heteroatoms. The van der Waals surface area contributed by atoms with Gasteiger partial charge in [0.1, 0.15) is 5.75 Å². The van der Waals surface area contributed by atoms with Crippen molar-refractivity contribution in [3.8, 4) is 0 Å². The second-order valence-electron chi connectivity index (χ2n) is 8.15. The van der Waals surface area contributed by atoms with Crippen LogP contribution < -0.4 is 4.90 Å². The van der Waals surface area contributed by atoms with Crippen LogP contribution in [-0.2, 0) is 14.6 Å². The SMILES string of the molecule is Cc1ccc(S(=O)(=O)CC(=O)N(CCCN(C)C)c2nc3c(C)ccc(C)c3s2)cc1. The maximum Gasteiger partial charge on any atom is 0.244 e. The Morgan fingerprint density at radius 1 is 0.968 bits per heavy atom. The lowest BCUT2D eigenvalue weighted by Gasteiger charge is -2.21. The number of hydrogen-bond donors (Lipinski definition) is 0. The van der Waals surface area contributed by atoms with Gasteiger partial charge >= 0.3 is 0 Å². The number of sulfone groups is 1. The molecule has 0 unspecified atom stereocenters. The van der Waals surface area contributed by atoms with E-state index in [4.69, 9.17) is 4.98 Å². The first-order chi connectivity index (χ1) is 14.6. The topological polar surface area (TPSA) is 70.6 Å². The minimum Gasteiger partial charge on any atom is -0.309 e. The van der Waals surface area contributed by atoms with Gasteiger partial charge in [-0.3, -0.25) is 9.69 Å². The highest BCUT2D eigenvalue weighted by Crippen LogP contribution is 2.33. The quantitative estimate of drug-likeness (QED) is 0.510. The molecule has 166 valence electrons. The van der Waals surface area contributed by atoms with E-state index in [1.54, 1.807) is 29.2 Å². The lowest BCUT2D eigenvalue weighted by atomic mass is 10.1. The zero-order chi connectivity index (χ0) is 22.8. The monoisotopic (exact) mass is 459 g/mol. The lowest BCUT2D eigenvalue weighted by Crippen LogP contribution is -2.37. The summed E-state index contributed by atoms with van der Waals surface area (Å²) in [5.41, 5.74) is 3.97. The van der Waals surface area contributed by atoms with Crippen LogP contribution in [0.1, 0.15) is 23.1 Å². The second kappa shape index (κ2) is 9.46. The number of amides is 1. The summed E-state index contributed by atoms with van der Waals surface area (Å²) in [5.74, 6) is -1.03. The Bertz CT molecular complexity index is 1140. The Hall–Kier alpha value is -2.29. The number of hydrogen-bond acceptors (Lipinski definition) is 6. The van der Waals surface area contributed by atoms with Crippen molar-refractivity contribution >= 4 is 42.4 Å². The molecule has 0 bridgehead atoms. The van der Waals surface area contributed by atoms with Crippen molar-refractivity contribution in [2.75, 3.05) is 37.8 Å². The first-order valence-corrected chi connectivity index (χ1v) is 12.7. The molecule has 3 aromatic rings. The lowest BCUT2D eigenvalue weighted by molar-refractivity contribution is -0.116. The van der Waals surface area contributed by atoms with Crippen molar-refractivity contribution in [2.24, 2.45) is 0 Å². The molecule has 6 nitrogen and oxygen atoms in total. The molecule has 31 heavy (non-hydrogen) atoms. The molecule has 3 rings (SSSR count). The molecule has 0 spiro atoms. The van der Waals surface area contributed by atoms with E-state index in [0.717, 1.165) is 39.9 Å². The molecular weight excluding hydrogens is 430 g/mol. The van der Waals surface area contributed by atoms with Gasteiger partial charge in [-0.25, -0.2) is 13.4 Å². The zero-order valence-electron chi connectivity index (χ0n) is 18.7. The number of anilines is 1. The van der Waals surface area contributed by atoms with Crippen molar-refractivity contribution in [1.29, 1.82) is 0 Å². The maximum absolute atomic E-state index is 13.2. The highest BCUT2D eigenvalue weighted by Gasteiger charge is 2.27. The summed E-state index contributed by atoms with van der Waals surface area (Å²) in [6.45, 7) is 7.11. The van der Waals surface area contributed by atoms with E-state index in [1.165, 1.54) is 11.3 Å². The average Bonchev–Trinajstić information content (AvgIpc) is 3.14. The van der Waals surface area contributed by atoms with Crippen LogP contribution in [0.4, 0.5) is 5.13 Å². The third-order valence-corrected chi connectivity index (χ3v) is 7.97. The fourth-order valence-corrected chi connectivity index (χ4v) is 5.66. The number of thiazole rings is 1. The van der Waals surface area contributed by atoms with Gasteiger partial charge in [0.05, 0.1) is 15.1 Å². The standard InChI is InChI=1S/C23H29N3O3S2/c1-16-7-11-19(12-8-16)31(28,29)15-20(27)26(14-6-13-25(4)5)23-24-21-17(2)9-10-18(3)22(21)30-23/h7-12H,6,13-15H2,1-5H3. The zero-order valence-corrected chi connectivity index (χ0v) is 20.3. The number of benzene rings is 2. The second-order valence-corrected chi connectivity index (χ2v) is 11.1. The van der Waals surface area contributed by atoms with Gasteiger partial charge in [-0.1, -0.05) is 41.2 Å². The Balaban J connectivity index is 1.93. The largest absolute Gasteiger partial charge is 0.309 e. The summed E-state index contributed by atoms with van der Waals surface area (Å²) < 4.78 is 26.8. The van der Waals surface area contributed by atoms with Crippen molar-refractivity contribution in [3.63, 3.8) is 0 Å². The molecule has 0 saturated heterocycles. The molecule has 2 aromatic carbocycles. The van der Waals surface area contributed by atoms with E-state index in [2.05, 4.69) is 0 Å². The molecule has 1 heterocycles. The third-order valence-electron chi connectivity index (χ3n) is 5.14. The van der Waals surface area contributed by atoms with Crippen molar-refractivity contribution < 1.29 is 13.2 Å². The number of aryl methyl sites for hydroxylation is 3. The minimum atomic E-state index is -3.74.